The standard InChI is InChI=1S/C12H15BrS/c1-8-5-11(13)3-4-12(8)10-6-9(2)14-7-10/h3-5,9-10H,6-7H2,1-2H3. The Morgan fingerprint density at radius 2 is 2.21 bits per heavy atom. The molecule has 0 radical (unpaired) electrons. The van der Waals surface area contributed by atoms with Crippen molar-refractivity contribution in [2.24, 2.45) is 0 Å². The molecule has 2 atom stereocenters. The minimum Gasteiger partial charge on any atom is -0.158 e. The van der Waals surface area contributed by atoms with Gasteiger partial charge < -0.3 is 0 Å². The summed E-state index contributed by atoms with van der Waals surface area (Å²) < 4.78 is 1.19. The van der Waals surface area contributed by atoms with Crippen LogP contribution in [0.25, 0.3) is 0 Å². The molecule has 76 valence electrons. The maximum absolute atomic E-state index is 3.51. The molecule has 1 heterocycles. The summed E-state index contributed by atoms with van der Waals surface area (Å²) in [4.78, 5) is 0. The Morgan fingerprint density at radius 1 is 1.43 bits per heavy atom. The van der Waals surface area contributed by atoms with Gasteiger partial charge in [0.1, 0.15) is 0 Å². The normalized spacial score (nSPS) is 26.8. The molecule has 0 saturated carbocycles. The summed E-state index contributed by atoms with van der Waals surface area (Å²) in [6.07, 6.45) is 1.34. The molecule has 0 aromatic heterocycles. The molecular weight excluding hydrogens is 256 g/mol. The lowest BCUT2D eigenvalue weighted by molar-refractivity contribution is 0.716. The highest BCUT2D eigenvalue weighted by Crippen LogP contribution is 2.39. The summed E-state index contributed by atoms with van der Waals surface area (Å²) >= 11 is 5.61. The van der Waals surface area contributed by atoms with Crippen molar-refractivity contribution in [1.29, 1.82) is 0 Å². The summed E-state index contributed by atoms with van der Waals surface area (Å²) in [6, 6.07) is 6.67. The Kier molecular flexibility index (Phi) is 3.23. The fourth-order valence-corrected chi connectivity index (χ4v) is 3.85. The topological polar surface area (TPSA) is 0 Å². The van der Waals surface area contributed by atoms with Crippen LogP contribution in [0.4, 0.5) is 0 Å². The lowest BCUT2D eigenvalue weighted by Gasteiger charge is -2.12. The first kappa shape index (κ1) is 10.6. The fraction of sp³-hybridized carbons (Fsp3) is 0.500. The third kappa shape index (κ3) is 2.17. The predicted molar refractivity (Wildman–Crippen MR) is 68.2 cm³/mol. The molecule has 2 rings (SSSR count). The van der Waals surface area contributed by atoms with Crippen LogP contribution in [-0.2, 0) is 0 Å². The van der Waals surface area contributed by atoms with Crippen LogP contribution in [0.1, 0.15) is 30.4 Å². The van der Waals surface area contributed by atoms with Crippen LogP contribution in [0.3, 0.4) is 0 Å². The Balaban J connectivity index is 2.24. The number of benzene rings is 1. The smallest absolute Gasteiger partial charge is 0.0178 e. The SMILES string of the molecule is Cc1cc(Br)ccc1C1CSC(C)C1. The Hall–Kier alpha value is 0.0500. The van der Waals surface area contributed by atoms with E-state index in [-0.39, 0.29) is 0 Å². The number of thioether (sulfide) groups is 1. The van der Waals surface area contributed by atoms with Crippen LogP contribution in [0.15, 0.2) is 22.7 Å². The summed E-state index contributed by atoms with van der Waals surface area (Å²) in [6.45, 7) is 4.55. The molecule has 14 heavy (non-hydrogen) atoms. The molecule has 0 spiro atoms. The van der Waals surface area contributed by atoms with Gasteiger partial charge in [0.05, 0.1) is 0 Å². The van der Waals surface area contributed by atoms with Crippen molar-refractivity contribution in [3.8, 4) is 0 Å². The van der Waals surface area contributed by atoms with E-state index in [2.05, 4.69) is 59.7 Å². The molecule has 1 aliphatic rings. The number of rotatable bonds is 1. The van der Waals surface area contributed by atoms with Gasteiger partial charge in [-0.25, -0.2) is 0 Å². The van der Waals surface area contributed by atoms with Gasteiger partial charge in [0.25, 0.3) is 0 Å². The molecule has 2 unspecified atom stereocenters. The largest absolute Gasteiger partial charge is 0.158 e. The van der Waals surface area contributed by atoms with E-state index in [0.717, 1.165) is 11.2 Å². The maximum Gasteiger partial charge on any atom is 0.0178 e. The fourth-order valence-electron chi connectivity index (χ4n) is 2.13. The molecule has 1 aromatic rings. The average Bonchev–Trinajstić information content (AvgIpc) is 2.51. The molecule has 2 heteroatoms. The van der Waals surface area contributed by atoms with Crippen molar-refractivity contribution in [2.75, 3.05) is 5.75 Å². The molecule has 0 aliphatic carbocycles. The minimum absolute atomic E-state index is 0.781. The molecule has 1 aliphatic heterocycles. The Morgan fingerprint density at radius 3 is 2.79 bits per heavy atom. The first-order chi connectivity index (χ1) is 6.66. The summed E-state index contributed by atoms with van der Waals surface area (Å²) in [5.41, 5.74) is 2.98. The van der Waals surface area contributed by atoms with E-state index in [1.54, 1.807) is 5.56 Å². The van der Waals surface area contributed by atoms with E-state index >= 15 is 0 Å². The average molecular weight is 271 g/mol. The molecule has 0 amide bonds. The second kappa shape index (κ2) is 4.28. The third-order valence-electron chi connectivity index (χ3n) is 2.87. The summed E-state index contributed by atoms with van der Waals surface area (Å²) in [5, 5.41) is 0.836. The molecule has 0 nitrogen and oxygen atoms in total. The Labute approximate surface area is 98.6 Å². The summed E-state index contributed by atoms with van der Waals surface area (Å²) in [7, 11) is 0. The van der Waals surface area contributed by atoms with Gasteiger partial charge in [0, 0.05) is 15.5 Å². The van der Waals surface area contributed by atoms with E-state index in [9.17, 15) is 0 Å². The highest BCUT2D eigenvalue weighted by molar-refractivity contribution is 9.10. The first-order valence-electron chi connectivity index (χ1n) is 5.04. The van der Waals surface area contributed by atoms with Crippen molar-refractivity contribution >= 4 is 27.7 Å². The van der Waals surface area contributed by atoms with Gasteiger partial charge in [-0.05, 0) is 42.5 Å². The van der Waals surface area contributed by atoms with Crippen molar-refractivity contribution in [1.82, 2.24) is 0 Å². The number of hydrogen-bond acceptors (Lipinski definition) is 1. The zero-order valence-electron chi connectivity index (χ0n) is 8.59. The van der Waals surface area contributed by atoms with Gasteiger partial charge in [0.2, 0.25) is 0 Å². The van der Waals surface area contributed by atoms with Crippen LogP contribution in [0.2, 0.25) is 0 Å². The van der Waals surface area contributed by atoms with Gasteiger partial charge >= 0.3 is 0 Å². The van der Waals surface area contributed by atoms with E-state index in [1.807, 2.05) is 0 Å². The highest BCUT2D eigenvalue weighted by atomic mass is 79.9. The lowest BCUT2D eigenvalue weighted by atomic mass is 9.93. The zero-order valence-corrected chi connectivity index (χ0v) is 11.0. The van der Waals surface area contributed by atoms with Crippen LogP contribution in [-0.4, -0.2) is 11.0 Å². The predicted octanol–water partition coefficient (Wildman–Crippen LogP) is 4.37. The number of hydrogen-bond donors (Lipinski definition) is 0. The highest BCUT2D eigenvalue weighted by Gasteiger charge is 2.24. The number of aryl methyl sites for hydroxylation is 1. The molecule has 1 saturated heterocycles. The molecule has 0 N–H and O–H groups in total. The second-order valence-corrected chi connectivity index (χ2v) is 6.46. The van der Waals surface area contributed by atoms with Crippen LogP contribution < -0.4 is 0 Å². The number of halogens is 1. The van der Waals surface area contributed by atoms with E-state index in [1.165, 1.54) is 22.2 Å². The van der Waals surface area contributed by atoms with Crippen LogP contribution in [0.5, 0.6) is 0 Å². The molecule has 1 fully saturated rings. The monoisotopic (exact) mass is 270 g/mol. The second-order valence-electron chi connectivity index (χ2n) is 4.08. The van der Waals surface area contributed by atoms with Gasteiger partial charge in [-0.1, -0.05) is 28.9 Å². The van der Waals surface area contributed by atoms with Crippen molar-refractivity contribution < 1.29 is 0 Å². The van der Waals surface area contributed by atoms with Crippen LogP contribution in [0, 0.1) is 6.92 Å². The van der Waals surface area contributed by atoms with Gasteiger partial charge in [-0.3, -0.25) is 0 Å². The van der Waals surface area contributed by atoms with Crippen LogP contribution >= 0.6 is 27.7 Å². The van der Waals surface area contributed by atoms with Gasteiger partial charge in [-0.15, -0.1) is 0 Å². The van der Waals surface area contributed by atoms with E-state index in [4.69, 9.17) is 0 Å². The van der Waals surface area contributed by atoms with E-state index < -0.39 is 0 Å². The third-order valence-corrected chi connectivity index (χ3v) is 4.72. The lowest BCUT2D eigenvalue weighted by Crippen LogP contribution is -2.00. The van der Waals surface area contributed by atoms with E-state index in [0.29, 0.717) is 0 Å². The molecule has 1 aromatic carbocycles. The van der Waals surface area contributed by atoms with Crippen molar-refractivity contribution in [3.63, 3.8) is 0 Å². The van der Waals surface area contributed by atoms with Crippen molar-refractivity contribution in [3.05, 3.63) is 33.8 Å². The maximum atomic E-state index is 3.51. The van der Waals surface area contributed by atoms with Crippen molar-refractivity contribution in [2.45, 2.75) is 31.4 Å². The Bertz CT molecular complexity index is 335. The summed E-state index contributed by atoms with van der Waals surface area (Å²) in [5.74, 6) is 2.08. The quantitative estimate of drug-likeness (QED) is 0.731. The zero-order chi connectivity index (χ0) is 10.1. The van der Waals surface area contributed by atoms with Gasteiger partial charge in [0.15, 0.2) is 0 Å². The minimum atomic E-state index is 0.781. The van der Waals surface area contributed by atoms with Gasteiger partial charge in [-0.2, -0.15) is 11.8 Å². The molecule has 0 bridgehead atoms. The first-order valence-corrected chi connectivity index (χ1v) is 6.88. The molecular formula is C12H15BrS.